The standard InChI is InChI=1S/C25H31NO2/c27-25(28)24-19-26-17-16-22(24)14-7-2-1-6-12-21-13-8-9-15-23(21)18-20-10-4-3-5-11-20/h3-6,8-13,15,22,24,26H,1-2,7,14,16-19H2,(H,27,28)/b12-6+/t22-,24-/m1/s1. The molecule has 0 spiro atoms. The molecular weight excluding hydrogens is 346 g/mol. The van der Waals surface area contributed by atoms with Gasteiger partial charge in [-0.25, -0.2) is 0 Å². The molecule has 1 heterocycles. The maximum absolute atomic E-state index is 11.4. The molecule has 148 valence electrons. The third kappa shape index (κ3) is 6.07. The highest BCUT2D eigenvalue weighted by atomic mass is 16.4. The van der Waals surface area contributed by atoms with Crippen molar-refractivity contribution in [1.29, 1.82) is 0 Å². The molecular formula is C25H31NO2. The monoisotopic (exact) mass is 377 g/mol. The van der Waals surface area contributed by atoms with Crippen molar-refractivity contribution in [2.75, 3.05) is 13.1 Å². The Morgan fingerprint density at radius 3 is 2.68 bits per heavy atom. The molecule has 1 aliphatic heterocycles. The fourth-order valence-corrected chi connectivity index (χ4v) is 4.10. The maximum Gasteiger partial charge on any atom is 0.308 e. The smallest absolute Gasteiger partial charge is 0.308 e. The van der Waals surface area contributed by atoms with E-state index in [0.717, 1.165) is 45.1 Å². The third-order valence-electron chi connectivity index (χ3n) is 5.73. The van der Waals surface area contributed by atoms with Gasteiger partial charge in [0.1, 0.15) is 0 Å². The minimum atomic E-state index is -0.646. The molecule has 0 aromatic heterocycles. The number of aliphatic carboxylic acids is 1. The number of hydrogen-bond acceptors (Lipinski definition) is 2. The second-order valence-corrected chi connectivity index (χ2v) is 7.75. The van der Waals surface area contributed by atoms with Gasteiger partial charge in [0.2, 0.25) is 0 Å². The first kappa shape index (κ1) is 20.3. The van der Waals surface area contributed by atoms with E-state index in [9.17, 15) is 9.90 Å². The maximum atomic E-state index is 11.4. The lowest BCUT2D eigenvalue weighted by Gasteiger charge is -2.29. The Morgan fingerprint density at radius 1 is 1.07 bits per heavy atom. The van der Waals surface area contributed by atoms with E-state index in [1.165, 1.54) is 16.7 Å². The molecule has 0 unspecified atom stereocenters. The van der Waals surface area contributed by atoms with Gasteiger partial charge in [-0.2, -0.15) is 0 Å². The lowest BCUT2D eigenvalue weighted by atomic mass is 9.83. The number of carboxylic acid groups (broad SMARTS) is 1. The van der Waals surface area contributed by atoms with E-state index in [0.29, 0.717) is 12.5 Å². The number of hydrogen-bond donors (Lipinski definition) is 2. The van der Waals surface area contributed by atoms with E-state index in [2.05, 4.69) is 72.1 Å². The molecule has 1 aliphatic rings. The molecule has 0 aliphatic carbocycles. The van der Waals surface area contributed by atoms with Gasteiger partial charge in [0.05, 0.1) is 5.92 Å². The number of rotatable bonds is 9. The zero-order valence-electron chi connectivity index (χ0n) is 16.5. The Bertz CT molecular complexity index is 769. The van der Waals surface area contributed by atoms with Gasteiger partial charge in [0.15, 0.2) is 0 Å². The Labute approximate surface area is 168 Å². The Balaban J connectivity index is 1.46. The van der Waals surface area contributed by atoms with E-state index in [-0.39, 0.29) is 5.92 Å². The molecule has 0 radical (unpaired) electrons. The van der Waals surface area contributed by atoms with Crippen molar-refractivity contribution in [2.24, 2.45) is 11.8 Å². The Morgan fingerprint density at radius 2 is 1.86 bits per heavy atom. The van der Waals surface area contributed by atoms with Crippen LogP contribution in [0.15, 0.2) is 60.7 Å². The van der Waals surface area contributed by atoms with Crippen LogP contribution in [0, 0.1) is 11.8 Å². The van der Waals surface area contributed by atoms with Crippen molar-refractivity contribution >= 4 is 12.0 Å². The first-order chi connectivity index (χ1) is 13.7. The van der Waals surface area contributed by atoms with Crippen molar-refractivity contribution in [3.05, 3.63) is 77.4 Å². The lowest BCUT2D eigenvalue weighted by Crippen LogP contribution is -2.40. The van der Waals surface area contributed by atoms with Crippen molar-refractivity contribution in [3.8, 4) is 0 Å². The van der Waals surface area contributed by atoms with E-state index in [1.54, 1.807) is 0 Å². The first-order valence-corrected chi connectivity index (χ1v) is 10.5. The zero-order valence-corrected chi connectivity index (χ0v) is 16.5. The zero-order chi connectivity index (χ0) is 19.6. The van der Waals surface area contributed by atoms with Crippen LogP contribution in [0.3, 0.4) is 0 Å². The molecule has 3 rings (SSSR count). The summed E-state index contributed by atoms with van der Waals surface area (Å²) in [5.74, 6) is -0.532. The molecule has 3 nitrogen and oxygen atoms in total. The van der Waals surface area contributed by atoms with Crippen molar-refractivity contribution in [1.82, 2.24) is 5.32 Å². The third-order valence-corrected chi connectivity index (χ3v) is 5.73. The number of piperidine rings is 1. The minimum Gasteiger partial charge on any atom is -0.481 e. The van der Waals surface area contributed by atoms with Crippen molar-refractivity contribution < 1.29 is 9.90 Å². The van der Waals surface area contributed by atoms with Gasteiger partial charge in [-0.1, -0.05) is 73.2 Å². The SMILES string of the molecule is O=C(O)[C@@H]1CNCC[C@H]1CCCC/C=C/c1ccccc1Cc1ccccc1. The van der Waals surface area contributed by atoms with Gasteiger partial charge in [-0.15, -0.1) is 0 Å². The summed E-state index contributed by atoms with van der Waals surface area (Å²) in [6.07, 6.45) is 10.7. The van der Waals surface area contributed by atoms with Crippen LogP contribution in [0.1, 0.15) is 48.8 Å². The molecule has 1 saturated heterocycles. The largest absolute Gasteiger partial charge is 0.481 e. The number of benzene rings is 2. The molecule has 0 saturated carbocycles. The van der Waals surface area contributed by atoms with Gasteiger partial charge in [-0.3, -0.25) is 4.79 Å². The average molecular weight is 378 g/mol. The molecule has 2 atom stereocenters. The number of allylic oxidation sites excluding steroid dienone is 1. The molecule has 3 heteroatoms. The predicted molar refractivity (Wildman–Crippen MR) is 115 cm³/mol. The number of nitrogens with one attached hydrogen (secondary N) is 1. The predicted octanol–water partition coefficient (Wildman–Crippen LogP) is 5.16. The average Bonchev–Trinajstić information content (AvgIpc) is 2.72. The summed E-state index contributed by atoms with van der Waals surface area (Å²) in [5, 5.41) is 12.6. The molecule has 0 amide bonds. The van der Waals surface area contributed by atoms with E-state index >= 15 is 0 Å². The fourth-order valence-electron chi connectivity index (χ4n) is 4.10. The summed E-state index contributed by atoms with van der Waals surface area (Å²) >= 11 is 0. The van der Waals surface area contributed by atoms with Crippen LogP contribution in [-0.2, 0) is 11.2 Å². The van der Waals surface area contributed by atoms with Gasteiger partial charge in [0.25, 0.3) is 0 Å². The fraction of sp³-hybridized carbons (Fsp3) is 0.400. The summed E-state index contributed by atoms with van der Waals surface area (Å²) in [6.45, 7) is 1.57. The highest BCUT2D eigenvalue weighted by Crippen LogP contribution is 2.25. The number of carboxylic acids is 1. The minimum absolute atomic E-state index is 0.214. The van der Waals surface area contributed by atoms with Crippen molar-refractivity contribution in [2.45, 2.75) is 38.5 Å². The molecule has 2 aromatic carbocycles. The van der Waals surface area contributed by atoms with Crippen LogP contribution in [0.25, 0.3) is 6.08 Å². The van der Waals surface area contributed by atoms with Crippen LogP contribution in [0.2, 0.25) is 0 Å². The normalized spacial score (nSPS) is 19.7. The summed E-state index contributed by atoms with van der Waals surface area (Å²) < 4.78 is 0. The molecule has 28 heavy (non-hydrogen) atoms. The van der Waals surface area contributed by atoms with Gasteiger partial charge < -0.3 is 10.4 Å². The quantitative estimate of drug-likeness (QED) is 0.593. The highest BCUT2D eigenvalue weighted by Gasteiger charge is 2.29. The van der Waals surface area contributed by atoms with Gasteiger partial charge >= 0.3 is 5.97 Å². The van der Waals surface area contributed by atoms with Crippen LogP contribution in [-0.4, -0.2) is 24.2 Å². The van der Waals surface area contributed by atoms with Crippen LogP contribution >= 0.6 is 0 Å². The van der Waals surface area contributed by atoms with Crippen LogP contribution in [0.5, 0.6) is 0 Å². The summed E-state index contributed by atoms with van der Waals surface area (Å²) in [5.41, 5.74) is 3.97. The van der Waals surface area contributed by atoms with Gasteiger partial charge in [-0.05, 0) is 61.3 Å². The highest BCUT2D eigenvalue weighted by molar-refractivity contribution is 5.70. The summed E-state index contributed by atoms with van der Waals surface area (Å²) in [7, 11) is 0. The molecule has 2 N–H and O–H groups in total. The van der Waals surface area contributed by atoms with E-state index < -0.39 is 5.97 Å². The summed E-state index contributed by atoms with van der Waals surface area (Å²) in [4.78, 5) is 11.4. The molecule has 2 aromatic rings. The number of unbranched alkanes of at least 4 members (excludes halogenated alkanes) is 2. The second-order valence-electron chi connectivity index (χ2n) is 7.75. The second kappa shape index (κ2) is 10.8. The van der Waals surface area contributed by atoms with Crippen LogP contribution in [0.4, 0.5) is 0 Å². The Hall–Kier alpha value is -2.39. The van der Waals surface area contributed by atoms with Crippen LogP contribution < -0.4 is 5.32 Å². The van der Waals surface area contributed by atoms with E-state index in [4.69, 9.17) is 0 Å². The topological polar surface area (TPSA) is 49.3 Å². The number of carbonyl (C=O) groups is 1. The molecule has 0 bridgehead atoms. The van der Waals surface area contributed by atoms with E-state index in [1.807, 2.05) is 0 Å². The molecule has 1 fully saturated rings. The lowest BCUT2D eigenvalue weighted by molar-refractivity contribution is -0.144. The van der Waals surface area contributed by atoms with Crippen molar-refractivity contribution in [3.63, 3.8) is 0 Å². The Kier molecular flexibility index (Phi) is 7.86. The summed E-state index contributed by atoms with van der Waals surface area (Å²) in [6, 6.07) is 19.2. The first-order valence-electron chi connectivity index (χ1n) is 10.5. The van der Waals surface area contributed by atoms with Gasteiger partial charge in [0, 0.05) is 6.54 Å².